The van der Waals surface area contributed by atoms with Gasteiger partial charge >= 0.3 is 0 Å². The molecule has 2 aliphatic heterocycles. The summed E-state index contributed by atoms with van der Waals surface area (Å²) in [6.07, 6.45) is 2.79. The molecule has 9 heteroatoms. The maximum Gasteiger partial charge on any atom is 0.240 e. The number of nitrogens with one attached hydrogen (secondary N) is 1. The van der Waals surface area contributed by atoms with Gasteiger partial charge in [0.25, 0.3) is 0 Å². The van der Waals surface area contributed by atoms with Gasteiger partial charge < -0.3 is 9.80 Å². The number of halogens is 1. The van der Waals surface area contributed by atoms with Crippen LogP contribution in [0.2, 0.25) is 0 Å². The summed E-state index contributed by atoms with van der Waals surface area (Å²) in [6, 6.07) is 14.0. The molecule has 7 nitrogen and oxygen atoms in total. The standard InChI is InChI=1S/C25H30FN3O4S/c26-21-10-8-19(9-11-21)17-24(30)29-14-4-5-20(18-29)25(31)28-15-12-22(13-16-28)27-34(32,33)23-6-2-1-3-7-23/h1-3,6-11,20,22,27H,4-5,12-18H2. The minimum atomic E-state index is -3.58. The van der Waals surface area contributed by atoms with E-state index < -0.39 is 10.0 Å². The van der Waals surface area contributed by atoms with Gasteiger partial charge in [-0.05, 0) is 55.5 Å². The Hall–Kier alpha value is -2.78. The second-order valence-electron chi connectivity index (χ2n) is 9.02. The number of piperidine rings is 2. The molecule has 1 atom stereocenters. The van der Waals surface area contributed by atoms with Crippen molar-refractivity contribution in [1.82, 2.24) is 14.5 Å². The van der Waals surface area contributed by atoms with Crippen molar-refractivity contribution in [2.45, 2.75) is 43.0 Å². The Morgan fingerprint density at radius 3 is 2.26 bits per heavy atom. The van der Waals surface area contributed by atoms with Crippen molar-refractivity contribution in [2.24, 2.45) is 5.92 Å². The third-order valence-electron chi connectivity index (χ3n) is 6.57. The Balaban J connectivity index is 1.28. The lowest BCUT2D eigenvalue weighted by Gasteiger charge is -2.38. The summed E-state index contributed by atoms with van der Waals surface area (Å²) >= 11 is 0. The Kier molecular flexibility index (Phi) is 7.63. The molecule has 2 amide bonds. The highest BCUT2D eigenvalue weighted by Crippen LogP contribution is 2.23. The van der Waals surface area contributed by atoms with Crippen molar-refractivity contribution >= 4 is 21.8 Å². The maximum absolute atomic E-state index is 13.1. The molecular weight excluding hydrogens is 457 g/mol. The minimum Gasteiger partial charge on any atom is -0.342 e. The van der Waals surface area contributed by atoms with E-state index in [1.807, 2.05) is 0 Å². The van der Waals surface area contributed by atoms with E-state index in [-0.39, 0.29) is 40.9 Å². The van der Waals surface area contributed by atoms with E-state index in [9.17, 15) is 22.4 Å². The van der Waals surface area contributed by atoms with Gasteiger partial charge in [0.15, 0.2) is 0 Å². The summed E-state index contributed by atoms with van der Waals surface area (Å²) in [4.78, 5) is 29.6. The topological polar surface area (TPSA) is 86.8 Å². The van der Waals surface area contributed by atoms with Crippen LogP contribution in [0.4, 0.5) is 4.39 Å². The lowest BCUT2D eigenvalue weighted by atomic mass is 9.94. The zero-order chi connectivity index (χ0) is 24.1. The van der Waals surface area contributed by atoms with Crippen LogP contribution in [0.1, 0.15) is 31.2 Å². The second-order valence-corrected chi connectivity index (χ2v) is 10.7. The SMILES string of the molecule is O=C(Cc1ccc(F)cc1)N1CCCC(C(=O)N2CCC(NS(=O)(=O)c3ccccc3)CC2)C1. The van der Waals surface area contributed by atoms with Crippen LogP contribution in [0.25, 0.3) is 0 Å². The zero-order valence-electron chi connectivity index (χ0n) is 19.0. The van der Waals surface area contributed by atoms with Crippen LogP contribution in [0.5, 0.6) is 0 Å². The highest BCUT2D eigenvalue weighted by molar-refractivity contribution is 7.89. The molecule has 0 bridgehead atoms. The number of carbonyl (C=O) groups is 2. The number of carbonyl (C=O) groups excluding carboxylic acids is 2. The highest BCUT2D eigenvalue weighted by Gasteiger charge is 2.33. The first-order chi connectivity index (χ1) is 16.3. The molecule has 2 aromatic rings. The molecule has 2 aromatic carbocycles. The molecule has 0 saturated carbocycles. The van der Waals surface area contributed by atoms with Crippen LogP contribution in [0.15, 0.2) is 59.5 Å². The van der Waals surface area contributed by atoms with Crippen LogP contribution in [-0.4, -0.2) is 62.3 Å². The molecule has 182 valence electrons. The molecule has 2 fully saturated rings. The predicted molar refractivity (Wildman–Crippen MR) is 126 cm³/mol. The van der Waals surface area contributed by atoms with Gasteiger partial charge in [-0.3, -0.25) is 9.59 Å². The number of likely N-dealkylation sites (tertiary alicyclic amines) is 2. The van der Waals surface area contributed by atoms with Gasteiger partial charge in [-0.25, -0.2) is 17.5 Å². The minimum absolute atomic E-state index is 0.0312. The normalized spacial score (nSPS) is 19.7. The van der Waals surface area contributed by atoms with Gasteiger partial charge in [-0.2, -0.15) is 0 Å². The lowest BCUT2D eigenvalue weighted by molar-refractivity contribution is -0.141. The van der Waals surface area contributed by atoms with Crippen molar-refractivity contribution in [3.63, 3.8) is 0 Å². The number of hydrogen-bond acceptors (Lipinski definition) is 4. The number of sulfonamides is 1. The van der Waals surface area contributed by atoms with Crippen LogP contribution in [0.3, 0.4) is 0 Å². The Morgan fingerprint density at radius 2 is 1.59 bits per heavy atom. The Labute approximate surface area is 200 Å². The highest BCUT2D eigenvalue weighted by atomic mass is 32.2. The fraction of sp³-hybridized carbons (Fsp3) is 0.440. The van der Waals surface area contributed by atoms with E-state index in [1.165, 1.54) is 12.1 Å². The van der Waals surface area contributed by atoms with E-state index in [2.05, 4.69) is 4.72 Å². The fourth-order valence-corrected chi connectivity index (χ4v) is 5.98. The van der Waals surface area contributed by atoms with E-state index in [1.54, 1.807) is 52.3 Å². The van der Waals surface area contributed by atoms with Gasteiger partial charge in [0, 0.05) is 32.2 Å². The molecule has 2 heterocycles. The average molecular weight is 488 g/mol. The van der Waals surface area contributed by atoms with Crippen LogP contribution < -0.4 is 4.72 Å². The smallest absolute Gasteiger partial charge is 0.240 e. The monoisotopic (exact) mass is 487 g/mol. The van der Waals surface area contributed by atoms with Crippen molar-refractivity contribution in [3.8, 4) is 0 Å². The molecule has 34 heavy (non-hydrogen) atoms. The first kappa shape index (κ1) is 24.3. The number of rotatable bonds is 6. The lowest BCUT2D eigenvalue weighted by Crippen LogP contribution is -2.51. The van der Waals surface area contributed by atoms with Crippen molar-refractivity contribution in [1.29, 1.82) is 0 Å². The van der Waals surface area contributed by atoms with Crippen LogP contribution in [-0.2, 0) is 26.0 Å². The molecule has 0 radical (unpaired) electrons. The summed E-state index contributed by atoms with van der Waals surface area (Å²) in [7, 11) is -3.58. The number of hydrogen-bond donors (Lipinski definition) is 1. The van der Waals surface area contributed by atoms with Gasteiger partial charge in [0.2, 0.25) is 21.8 Å². The number of nitrogens with zero attached hydrogens (tertiary/aromatic N) is 2. The zero-order valence-corrected chi connectivity index (χ0v) is 19.8. The van der Waals surface area contributed by atoms with Crippen LogP contribution >= 0.6 is 0 Å². The van der Waals surface area contributed by atoms with Gasteiger partial charge in [-0.15, -0.1) is 0 Å². The first-order valence-electron chi connectivity index (χ1n) is 11.7. The molecule has 0 spiro atoms. The number of benzene rings is 2. The van der Waals surface area contributed by atoms with Crippen molar-refractivity contribution in [2.75, 3.05) is 26.2 Å². The fourth-order valence-electron chi connectivity index (χ4n) is 4.66. The van der Waals surface area contributed by atoms with E-state index >= 15 is 0 Å². The largest absolute Gasteiger partial charge is 0.342 e. The summed E-state index contributed by atoms with van der Waals surface area (Å²) < 4.78 is 41.0. The quantitative estimate of drug-likeness (QED) is 0.679. The predicted octanol–water partition coefficient (Wildman–Crippen LogP) is 2.58. The summed E-state index contributed by atoms with van der Waals surface area (Å²) in [6.45, 7) is 1.98. The Morgan fingerprint density at radius 1 is 0.912 bits per heavy atom. The summed E-state index contributed by atoms with van der Waals surface area (Å²) in [5, 5.41) is 0. The average Bonchev–Trinajstić information content (AvgIpc) is 2.86. The summed E-state index contributed by atoms with van der Waals surface area (Å²) in [5.41, 5.74) is 0.750. The molecular formula is C25H30FN3O4S. The van der Waals surface area contributed by atoms with E-state index in [0.29, 0.717) is 39.0 Å². The van der Waals surface area contributed by atoms with Crippen LogP contribution in [0, 0.1) is 11.7 Å². The molecule has 0 aliphatic carbocycles. The number of amides is 2. The Bertz CT molecular complexity index is 1100. The third kappa shape index (κ3) is 6.01. The van der Waals surface area contributed by atoms with Crippen molar-refractivity contribution in [3.05, 3.63) is 66.0 Å². The van der Waals surface area contributed by atoms with Crippen molar-refractivity contribution < 1.29 is 22.4 Å². The molecule has 4 rings (SSSR count). The molecule has 0 aromatic heterocycles. The molecule has 1 unspecified atom stereocenters. The van der Waals surface area contributed by atoms with E-state index in [0.717, 1.165) is 18.4 Å². The third-order valence-corrected chi connectivity index (χ3v) is 8.11. The summed E-state index contributed by atoms with van der Waals surface area (Å²) in [5.74, 6) is -0.610. The maximum atomic E-state index is 13.1. The van der Waals surface area contributed by atoms with Gasteiger partial charge in [-0.1, -0.05) is 30.3 Å². The molecule has 1 N–H and O–H groups in total. The van der Waals surface area contributed by atoms with Gasteiger partial charge in [0.05, 0.1) is 17.2 Å². The van der Waals surface area contributed by atoms with E-state index in [4.69, 9.17) is 0 Å². The first-order valence-corrected chi connectivity index (χ1v) is 13.2. The molecule has 2 aliphatic rings. The van der Waals surface area contributed by atoms with Gasteiger partial charge in [0.1, 0.15) is 5.82 Å². The second kappa shape index (κ2) is 10.7. The molecule has 2 saturated heterocycles.